The van der Waals surface area contributed by atoms with Gasteiger partial charge in [0.05, 0.1) is 6.61 Å². The Morgan fingerprint density at radius 3 is 2.59 bits per heavy atom. The Labute approximate surface area is 170 Å². The fourth-order valence-corrected chi connectivity index (χ4v) is 3.53. The average Bonchev–Trinajstić information content (AvgIpc) is 3.01. The first kappa shape index (κ1) is 19.2. The van der Waals surface area contributed by atoms with Crippen molar-refractivity contribution in [2.24, 2.45) is 0 Å². The molecule has 6 nitrogen and oxygen atoms in total. The number of hydrogen-bond acceptors (Lipinski definition) is 4. The number of fused-ring (bicyclic) bond motifs is 1. The number of nitrogens with zero attached hydrogens (tertiary/aromatic N) is 3. The van der Waals surface area contributed by atoms with Crippen LogP contribution in [-0.2, 0) is 13.0 Å². The molecular formula is C23H26N4O2. The minimum absolute atomic E-state index is 0.142. The lowest BCUT2D eigenvalue weighted by Crippen LogP contribution is -2.11. The van der Waals surface area contributed by atoms with Gasteiger partial charge in [-0.3, -0.25) is 4.79 Å². The van der Waals surface area contributed by atoms with Crippen molar-refractivity contribution in [3.63, 3.8) is 0 Å². The highest BCUT2D eigenvalue weighted by molar-refractivity contribution is 6.04. The summed E-state index contributed by atoms with van der Waals surface area (Å²) in [6.45, 7) is 3.70. The molecule has 0 aliphatic carbocycles. The number of carbonyl (C=O) groups excluding carboxylic acids is 1. The first-order chi connectivity index (χ1) is 14.2. The minimum atomic E-state index is -0.142. The SMILES string of the molecule is CCCOc1ccc(C(=O)Nc2ccc(-c3nnc4n3CCCCC4)cc2)cc1. The minimum Gasteiger partial charge on any atom is -0.494 e. The maximum atomic E-state index is 12.5. The number of anilines is 1. The zero-order chi connectivity index (χ0) is 20.1. The molecule has 0 saturated heterocycles. The van der Waals surface area contributed by atoms with Gasteiger partial charge in [-0.1, -0.05) is 13.3 Å². The van der Waals surface area contributed by atoms with Crippen LogP contribution in [0.5, 0.6) is 5.75 Å². The zero-order valence-corrected chi connectivity index (χ0v) is 16.7. The highest BCUT2D eigenvalue weighted by Crippen LogP contribution is 2.24. The van der Waals surface area contributed by atoms with Crippen molar-refractivity contribution < 1.29 is 9.53 Å². The summed E-state index contributed by atoms with van der Waals surface area (Å²) in [7, 11) is 0. The van der Waals surface area contributed by atoms with Gasteiger partial charge in [0.2, 0.25) is 0 Å². The van der Waals surface area contributed by atoms with Crippen LogP contribution in [0.2, 0.25) is 0 Å². The smallest absolute Gasteiger partial charge is 0.255 e. The Morgan fingerprint density at radius 1 is 1.03 bits per heavy atom. The Kier molecular flexibility index (Phi) is 5.89. The van der Waals surface area contributed by atoms with Crippen LogP contribution in [0.4, 0.5) is 5.69 Å². The van der Waals surface area contributed by atoms with Gasteiger partial charge in [0.15, 0.2) is 5.82 Å². The van der Waals surface area contributed by atoms with Gasteiger partial charge in [-0.25, -0.2) is 0 Å². The molecule has 150 valence electrons. The normalized spacial score (nSPS) is 13.4. The summed E-state index contributed by atoms with van der Waals surface area (Å²) in [5.41, 5.74) is 2.36. The zero-order valence-electron chi connectivity index (χ0n) is 16.7. The third-order valence-corrected chi connectivity index (χ3v) is 5.10. The van der Waals surface area contributed by atoms with Crippen LogP contribution in [0.25, 0.3) is 11.4 Å². The molecule has 0 spiro atoms. The van der Waals surface area contributed by atoms with Crippen LogP contribution in [0.3, 0.4) is 0 Å². The Morgan fingerprint density at radius 2 is 1.83 bits per heavy atom. The van der Waals surface area contributed by atoms with Crippen LogP contribution < -0.4 is 10.1 Å². The Hall–Kier alpha value is -3.15. The molecule has 0 fully saturated rings. The summed E-state index contributed by atoms with van der Waals surface area (Å²) in [6, 6.07) is 15.0. The Balaban J connectivity index is 1.43. The predicted molar refractivity (Wildman–Crippen MR) is 113 cm³/mol. The van der Waals surface area contributed by atoms with Crippen LogP contribution in [0, 0.1) is 0 Å². The van der Waals surface area contributed by atoms with E-state index in [1.165, 1.54) is 12.8 Å². The molecule has 1 aliphatic heterocycles. The predicted octanol–water partition coefficient (Wildman–Crippen LogP) is 4.71. The van der Waals surface area contributed by atoms with Crippen molar-refractivity contribution >= 4 is 11.6 Å². The monoisotopic (exact) mass is 390 g/mol. The van der Waals surface area contributed by atoms with Crippen LogP contribution in [0.1, 0.15) is 48.8 Å². The summed E-state index contributed by atoms with van der Waals surface area (Å²) < 4.78 is 7.78. The molecule has 1 N–H and O–H groups in total. The van der Waals surface area contributed by atoms with Crippen molar-refractivity contribution in [2.45, 2.75) is 45.6 Å². The lowest BCUT2D eigenvalue weighted by molar-refractivity contribution is 0.102. The van der Waals surface area contributed by atoms with E-state index >= 15 is 0 Å². The lowest BCUT2D eigenvalue weighted by atomic mass is 10.1. The van der Waals surface area contributed by atoms with Gasteiger partial charge in [0, 0.05) is 29.8 Å². The number of amides is 1. The summed E-state index contributed by atoms with van der Waals surface area (Å²) >= 11 is 0. The molecule has 3 aromatic rings. The van der Waals surface area contributed by atoms with E-state index in [2.05, 4.69) is 27.0 Å². The van der Waals surface area contributed by atoms with E-state index in [4.69, 9.17) is 4.74 Å². The number of hydrogen-bond donors (Lipinski definition) is 1. The highest BCUT2D eigenvalue weighted by Gasteiger charge is 2.16. The van der Waals surface area contributed by atoms with E-state index < -0.39 is 0 Å². The number of carbonyl (C=O) groups is 1. The number of benzene rings is 2. The third-order valence-electron chi connectivity index (χ3n) is 5.10. The molecule has 0 saturated carbocycles. The largest absolute Gasteiger partial charge is 0.494 e. The summed E-state index contributed by atoms with van der Waals surface area (Å²) in [5.74, 6) is 2.61. The van der Waals surface area contributed by atoms with E-state index in [9.17, 15) is 4.79 Å². The standard InChI is InChI=1S/C23H26N4O2/c1-2-16-29-20-13-9-18(10-14-20)23(28)24-19-11-7-17(8-12-19)22-26-25-21-6-4-3-5-15-27(21)22/h7-14H,2-6,15-16H2,1H3,(H,24,28). The molecule has 1 amide bonds. The molecule has 2 heterocycles. The molecule has 4 rings (SSSR count). The Bertz CT molecular complexity index is 962. The number of nitrogens with one attached hydrogen (secondary N) is 1. The van der Waals surface area contributed by atoms with Crippen molar-refractivity contribution in [2.75, 3.05) is 11.9 Å². The van der Waals surface area contributed by atoms with E-state index in [0.29, 0.717) is 12.2 Å². The average molecular weight is 390 g/mol. The fourth-order valence-electron chi connectivity index (χ4n) is 3.53. The molecule has 0 unspecified atom stereocenters. The van der Waals surface area contributed by atoms with Gasteiger partial charge in [-0.2, -0.15) is 0 Å². The highest BCUT2D eigenvalue weighted by atomic mass is 16.5. The van der Waals surface area contributed by atoms with Crippen LogP contribution in [0.15, 0.2) is 48.5 Å². The van der Waals surface area contributed by atoms with E-state index in [0.717, 1.165) is 54.5 Å². The van der Waals surface area contributed by atoms with E-state index in [1.807, 2.05) is 36.4 Å². The maximum absolute atomic E-state index is 12.5. The fraction of sp³-hybridized carbons (Fsp3) is 0.348. The topological polar surface area (TPSA) is 69.0 Å². The molecule has 6 heteroatoms. The van der Waals surface area contributed by atoms with Gasteiger partial charge in [0.1, 0.15) is 11.6 Å². The molecule has 0 radical (unpaired) electrons. The number of aryl methyl sites for hydroxylation is 1. The molecular weight excluding hydrogens is 364 g/mol. The maximum Gasteiger partial charge on any atom is 0.255 e. The lowest BCUT2D eigenvalue weighted by Gasteiger charge is -2.09. The van der Waals surface area contributed by atoms with Crippen molar-refractivity contribution in [3.8, 4) is 17.1 Å². The molecule has 2 aromatic carbocycles. The summed E-state index contributed by atoms with van der Waals surface area (Å²) in [5, 5.41) is 11.7. The van der Waals surface area contributed by atoms with Gasteiger partial charge < -0.3 is 14.6 Å². The first-order valence-corrected chi connectivity index (χ1v) is 10.3. The molecule has 1 aromatic heterocycles. The van der Waals surface area contributed by atoms with Gasteiger partial charge in [0.25, 0.3) is 5.91 Å². The quantitative estimate of drug-likeness (QED) is 0.662. The second kappa shape index (κ2) is 8.90. The third kappa shape index (κ3) is 4.47. The van der Waals surface area contributed by atoms with Crippen molar-refractivity contribution in [1.82, 2.24) is 14.8 Å². The van der Waals surface area contributed by atoms with Crippen molar-refractivity contribution in [1.29, 1.82) is 0 Å². The number of aromatic nitrogens is 3. The number of ether oxygens (including phenoxy) is 1. The number of rotatable bonds is 6. The van der Waals surface area contributed by atoms with Gasteiger partial charge in [-0.05, 0) is 67.8 Å². The van der Waals surface area contributed by atoms with Crippen LogP contribution >= 0.6 is 0 Å². The van der Waals surface area contributed by atoms with Gasteiger partial charge >= 0.3 is 0 Å². The molecule has 29 heavy (non-hydrogen) atoms. The van der Waals surface area contributed by atoms with Crippen LogP contribution in [-0.4, -0.2) is 27.3 Å². The summed E-state index contributed by atoms with van der Waals surface area (Å²) in [6.07, 6.45) is 5.52. The molecule has 1 aliphatic rings. The van der Waals surface area contributed by atoms with Crippen molar-refractivity contribution in [3.05, 3.63) is 59.9 Å². The second-order valence-electron chi connectivity index (χ2n) is 7.31. The second-order valence-corrected chi connectivity index (χ2v) is 7.31. The van der Waals surface area contributed by atoms with E-state index in [-0.39, 0.29) is 5.91 Å². The first-order valence-electron chi connectivity index (χ1n) is 10.3. The summed E-state index contributed by atoms with van der Waals surface area (Å²) in [4.78, 5) is 12.5. The van der Waals surface area contributed by atoms with E-state index in [1.54, 1.807) is 12.1 Å². The van der Waals surface area contributed by atoms with Gasteiger partial charge in [-0.15, -0.1) is 10.2 Å². The molecule has 0 atom stereocenters. The molecule has 0 bridgehead atoms.